The normalized spacial score (nSPS) is 22.2. The van der Waals surface area contributed by atoms with Crippen molar-refractivity contribution >= 4 is 5.95 Å². The van der Waals surface area contributed by atoms with Gasteiger partial charge in [0.2, 0.25) is 11.9 Å². The summed E-state index contributed by atoms with van der Waals surface area (Å²) in [6, 6.07) is 4.01. The number of hydrogen-bond donors (Lipinski definition) is 1. The van der Waals surface area contributed by atoms with Crippen molar-refractivity contribution in [2.45, 2.75) is 121 Å². The number of fused-ring (bicyclic) bond motifs is 1. The predicted octanol–water partition coefficient (Wildman–Crippen LogP) is 9.42. The average molecular weight is 691 g/mol. The average Bonchev–Trinajstić information content (AvgIpc) is 3.03. The van der Waals surface area contributed by atoms with E-state index in [9.17, 15) is 27.1 Å². The Morgan fingerprint density at radius 3 is 2.10 bits per heavy atom. The minimum absolute atomic E-state index is 0.0212. The Labute approximate surface area is 283 Å². The molecule has 0 bridgehead atoms. The van der Waals surface area contributed by atoms with Crippen LogP contribution in [-0.4, -0.2) is 45.2 Å². The molecule has 2 fully saturated rings. The first kappa shape index (κ1) is 35.4. The summed E-state index contributed by atoms with van der Waals surface area (Å²) in [6.07, 6.45) is -2.64. The highest BCUT2D eigenvalue weighted by Crippen LogP contribution is 2.52. The molecule has 0 radical (unpaired) electrons. The first-order valence-corrected chi connectivity index (χ1v) is 17.2. The molecule has 0 unspecified atom stereocenters. The monoisotopic (exact) mass is 690 g/mol. The standard InChI is InChI=1S/C37H44F6N4O2/c1-21(2)49-26-19-44-34(45-20-26)47-15-11-24(12-16-47)33-31(32(38)23-5-7-25(8-6-23)37(41,42)43)29(22-9-13-36(39,40)14-10-22)30-27(46-33)17-35(3,4)18-28(30)48/h5-8,19-22,24,28,32,48H,9-18H2,1-4H3/t28-,32-/m0/s1. The summed E-state index contributed by atoms with van der Waals surface area (Å²) in [6.45, 7) is 8.99. The van der Waals surface area contributed by atoms with Gasteiger partial charge in [-0.15, -0.1) is 0 Å². The molecular weight excluding hydrogens is 646 g/mol. The van der Waals surface area contributed by atoms with E-state index in [0.29, 0.717) is 73.0 Å². The van der Waals surface area contributed by atoms with Crippen LogP contribution in [0.1, 0.15) is 136 Å². The Bertz CT molecular complexity index is 1610. The number of ether oxygens (including phenoxy) is 1. The van der Waals surface area contributed by atoms with Gasteiger partial charge in [-0.1, -0.05) is 26.0 Å². The highest BCUT2D eigenvalue weighted by molar-refractivity contribution is 5.51. The summed E-state index contributed by atoms with van der Waals surface area (Å²) in [5.41, 5.74) is 1.25. The number of aliphatic hydroxyl groups excluding tert-OH is 1. The lowest BCUT2D eigenvalue weighted by Gasteiger charge is -2.41. The maximum absolute atomic E-state index is 17.2. The van der Waals surface area contributed by atoms with Gasteiger partial charge < -0.3 is 14.7 Å². The molecule has 3 aromatic rings. The van der Waals surface area contributed by atoms with Crippen LogP contribution in [0.2, 0.25) is 0 Å². The van der Waals surface area contributed by atoms with Gasteiger partial charge in [0.25, 0.3) is 0 Å². The van der Waals surface area contributed by atoms with Crippen LogP contribution in [0.25, 0.3) is 0 Å². The second-order valence-corrected chi connectivity index (χ2v) is 15.0. The van der Waals surface area contributed by atoms with E-state index in [1.54, 1.807) is 12.4 Å². The number of benzene rings is 1. The van der Waals surface area contributed by atoms with E-state index < -0.39 is 35.9 Å². The smallest absolute Gasteiger partial charge is 0.416 e. The van der Waals surface area contributed by atoms with Gasteiger partial charge in [0.05, 0.1) is 35.9 Å². The Morgan fingerprint density at radius 1 is 0.918 bits per heavy atom. The fraction of sp³-hybridized carbons (Fsp3) is 0.595. The molecule has 6 rings (SSSR count). The van der Waals surface area contributed by atoms with Crippen LogP contribution in [0, 0.1) is 5.41 Å². The molecule has 1 aliphatic heterocycles. The number of piperidine rings is 1. The van der Waals surface area contributed by atoms with Gasteiger partial charge in [0, 0.05) is 48.7 Å². The fourth-order valence-electron chi connectivity index (χ4n) is 7.87. The van der Waals surface area contributed by atoms with Crippen LogP contribution in [0.3, 0.4) is 0 Å². The Hall–Kier alpha value is -3.41. The second kappa shape index (κ2) is 13.4. The molecule has 49 heavy (non-hydrogen) atoms. The van der Waals surface area contributed by atoms with Crippen molar-refractivity contribution in [3.8, 4) is 5.75 Å². The number of rotatable bonds is 7. The van der Waals surface area contributed by atoms with E-state index in [1.165, 1.54) is 0 Å². The summed E-state index contributed by atoms with van der Waals surface area (Å²) in [7, 11) is 0. The molecule has 1 saturated heterocycles. The molecule has 2 aliphatic carbocycles. The molecule has 0 spiro atoms. The minimum Gasteiger partial charge on any atom is -0.488 e. The molecule has 6 nitrogen and oxygen atoms in total. The van der Waals surface area contributed by atoms with Gasteiger partial charge in [0.1, 0.15) is 0 Å². The van der Waals surface area contributed by atoms with E-state index in [2.05, 4.69) is 9.97 Å². The number of nitrogens with zero attached hydrogens (tertiary/aromatic N) is 4. The van der Waals surface area contributed by atoms with E-state index in [4.69, 9.17) is 9.72 Å². The van der Waals surface area contributed by atoms with Crippen molar-refractivity contribution < 1.29 is 36.2 Å². The molecule has 3 heterocycles. The zero-order valence-electron chi connectivity index (χ0n) is 28.3. The summed E-state index contributed by atoms with van der Waals surface area (Å²) in [4.78, 5) is 16.1. The van der Waals surface area contributed by atoms with E-state index >= 15 is 4.39 Å². The third kappa shape index (κ3) is 7.68. The molecule has 2 aromatic heterocycles. The SMILES string of the molecule is CC(C)Oc1cnc(N2CCC(c3nc4c(c(C5CCC(F)(F)CC5)c3[C@@H](F)c3ccc(C(F)(F)F)cc3)[C@@H](O)CC(C)(C)C4)CC2)nc1. The maximum atomic E-state index is 17.2. The van der Waals surface area contributed by atoms with E-state index in [-0.39, 0.29) is 54.2 Å². The summed E-state index contributed by atoms with van der Waals surface area (Å²) < 4.78 is 92.0. The van der Waals surface area contributed by atoms with Gasteiger partial charge in [-0.25, -0.2) is 23.1 Å². The van der Waals surface area contributed by atoms with Crippen molar-refractivity contribution in [2.75, 3.05) is 18.0 Å². The number of anilines is 1. The highest BCUT2D eigenvalue weighted by Gasteiger charge is 2.44. The largest absolute Gasteiger partial charge is 0.488 e. The Kier molecular flexibility index (Phi) is 9.67. The topological polar surface area (TPSA) is 71.4 Å². The van der Waals surface area contributed by atoms with E-state index in [0.717, 1.165) is 24.3 Å². The number of halogens is 6. The van der Waals surface area contributed by atoms with Gasteiger partial charge in [-0.05, 0) is 87.0 Å². The third-order valence-corrected chi connectivity index (χ3v) is 10.2. The minimum atomic E-state index is -4.59. The van der Waals surface area contributed by atoms with E-state index in [1.807, 2.05) is 32.6 Å². The number of pyridine rings is 1. The summed E-state index contributed by atoms with van der Waals surface area (Å²) in [5, 5.41) is 11.6. The van der Waals surface area contributed by atoms with Crippen molar-refractivity contribution in [2.24, 2.45) is 5.41 Å². The van der Waals surface area contributed by atoms with Crippen LogP contribution in [0.5, 0.6) is 5.75 Å². The lowest BCUT2D eigenvalue weighted by molar-refractivity contribution is -0.137. The van der Waals surface area contributed by atoms with Crippen LogP contribution in [0.15, 0.2) is 36.7 Å². The molecule has 1 N–H and O–H groups in total. The van der Waals surface area contributed by atoms with Crippen LogP contribution >= 0.6 is 0 Å². The van der Waals surface area contributed by atoms with Gasteiger partial charge in [-0.3, -0.25) is 4.98 Å². The van der Waals surface area contributed by atoms with Crippen LogP contribution in [0.4, 0.5) is 32.3 Å². The lowest BCUT2D eigenvalue weighted by Crippen LogP contribution is -2.36. The first-order chi connectivity index (χ1) is 23.0. The molecule has 12 heteroatoms. The molecule has 2 atom stereocenters. The number of aromatic nitrogens is 3. The number of alkyl halides is 6. The highest BCUT2D eigenvalue weighted by atomic mass is 19.4. The molecule has 3 aliphatic rings. The van der Waals surface area contributed by atoms with Crippen LogP contribution in [-0.2, 0) is 12.6 Å². The maximum Gasteiger partial charge on any atom is 0.416 e. The zero-order valence-corrected chi connectivity index (χ0v) is 28.3. The summed E-state index contributed by atoms with van der Waals surface area (Å²) in [5.74, 6) is -2.40. The van der Waals surface area contributed by atoms with Gasteiger partial charge >= 0.3 is 6.18 Å². The second-order valence-electron chi connectivity index (χ2n) is 15.0. The van der Waals surface area contributed by atoms with Crippen molar-refractivity contribution in [3.63, 3.8) is 0 Å². The predicted molar refractivity (Wildman–Crippen MR) is 174 cm³/mol. The quantitative estimate of drug-likeness (QED) is 0.249. The van der Waals surface area contributed by atoms with Crippen molar-refractivity contribution in [1.29, 1.82) is 0 Å². The van der Waals surface area contributed by atoms with Gasteiger partial charge in [0.15, 0.2) is 11.9 Å². The summed E-state index contributed by atoms with van der Waals surface area (Å²) >= 11 is 0. The van der Waals surface area contributed by atoms with Gasteiger partial charge in [-0.2, -0.15) is 13.2 Å². The Morgan fingerprint density at radius 2 is 1.53 bits per heavy atom. The van der Waals surface area contributed by atoms with Crippen LogP contribution < -0.4 is 9.64 Å². The van der Waals surface area contributed by atoms with Crippen molar-refractivity contribution in [1.82, 2.24) is 15.0 Å². The molecule has 0 amide bonds. The number of hydrogen-bond acceptors (Lipinski definition) is 6. The lowest BCUT2D eigenvalue weighted by atomic mass is 9.68. The molecule has 1 saturated carbocycles. The molecule has 1 aromatic carbocycles. The first-order valence-electron chi connectivity index (χ1n) is 17.2. The number of aliphatic hydroxyl groups is 1. The third-order valence-electron chi connectivity index (χ3n) is 10.2. The zero-order chi connectivity index (χ0) is 35.3. The Balaban J connectivity index is 1.42. The molecular formula is C37H44F6N4O2. The fourth-order valence-corrected chi connectivity index (χ4v) is 7.87. The van der Waals surface area contributed by atoms with Crippen molar-refractivity contribution in [3.05, 3.63) is 75.9 Å². The molecule has 266 valence electrons.